The Labute approximate surface area is 126 Å². The molecule has 3 nitrogen and oxygen atoms in total. The summed E-state index contributed by atoms with van der Waals surface area (Å²) in [6.07, 6.45) is 8.67. The van der Waals surface area contributed by atoms with Crippen LogP contribution in [0.5, 0.6) is 0 Å². The number of hydrogen-bond acceptors (Lipinski definition) is 3. The third-order valence-electron chi connectivity index (χ3n) is 4.52. The minimum absolute atomic E-state index is 0.0187. The van der Waals surface area contributed by atoms with E-state index in [4.69, 9.17) is 22.1 Å². The summed E-state index contributed by atoms with van der Waals surface area (Å²) in [7, 11) is 0. The van der Waals surface area contributed by atoms with Crippen LogP contribution in [0, 0.1) is 5.92 Å². The highest BCUT2D eigenvalue weighted by molar-refractivity contribution is 6.31. The Morgan fingerprint density at radius 3 is 2.80 bits per heavy atom. The summed E-state index contributed by atoms with van der Waals surface area (Å²) < 4.78 is 6.11. The maximum absolute atomic E-state index is 6.51. The summed E-state index contributed by atoms with van der Waals surface area (Å²) in [5.74, 6) is 0.778. The molecule has 1 aromatic heterocycles. The second-order valence-corrected chi connectivity index (χ2v) is 6.37. The molecule has 0 aliphatic heterocycles. The van der Waals surface area contributed by atoms with E-state index in [0.717, 1.165) is 30.7 Å². The van der Waals surface area contributed by atoms with Gasteiger partial charge >= 0.3 is 0 Å². The summed E-state index contributed by atoms with van der Waals surface area (Å²) >= 11 is 6.19. The molecule has 20 heavy (non-hydrogen) atoms. The van der Waals surface area contributed by atoms with Gasteiger partial charge in [-0.2, -0.15) is 0 Å². The maximum atomic E-state index is 6.51. The fourth-order valence-corrected chi connectivity index (χ4v) is 3.35. The molecular formula is C16H25ClN2O. The summed E-state index contributed by atoms with van der Waals surface area (Å²) in [5, 5.41) is 0.693. The Hall–Kier alpha value is -0.640. The van der Waals surface area contributed by atoms with Gasteiger partial charge in [0.05, 0.1) is 10.6 Å². The van der Waals surface area contributed by atoms with E-state index in [-0.39, 0.29) is 11.6 Å². The molecule has 0 aromatic carbocycles. The molecule has 2 rings (SSSR count). The molecule has 112 valence electrons. The summed E-state index contributed by atoms with van der Waals surface area (Å²) in [6.45, 7) is 5.07. The molecule has 0 radical (unpaired) electrons. The fraction of sp³-hybridized carbons (Fsp3) is 0.688. The molecule has 1 unspecified atom stereocenters. The van der Waals surface area contributed by atoms with E-state index in [1.807, 2.05) is 13.0 Å². The third-order valence-corrected chi connectivity index (χ3v) is 4.86. The summed E-state index contributed by atoms with van der Waals surface area (Å²) in [5.41, 5.74) is 7.39. The van der Waals surface area contributed by atoms with Gasteiger partial charge in [0, 0.05) is 25.0 Å². The highest BCUT2D eigenvalue weighted by Gasteiger charge is 2.40. The van der Waals surface area contributed by atoms with Gasteiger partial charge in [0.15, 0.2) is 0 Å². The molecule has 1 fully saturated rings. The van der Waals surface area contributed by atoms with Crippen LogP contribution in [-0.4, -0.2) is 23.2 Å². The highest BCUT2D eigenvalue weighted by Crippen LogP contribution is 2.38. The van der Waals surface area contributed by atoms with Crippen LogP contribution >= 0.6 is 11.6 Å². The van der Waals surface area contributed by atoms with Crippen LogP contribution in [0.15, 0.2) is 18.5 Å². The van der Waals surface area contributed by atoms with E-state index in [9.17, 15) is 0 Å². The van der Waals surface area contributed by atoms with Crippen LogP contribution in [-0.2, 0) is 11.2 Å². The van der Waals surface area contributed by atoms with Crippen molar-refractivity contribution in [1.29, 1.82) is 0 Å². The Morgan fingerprint density at radius 1 is 1.50 bits per heavy atom. The molecule has 0 bridgehead atoms. The monoisotopic (exact) mass is 296 g/mol. The van der Waals surface area contributed by atoms with Crippen molar-refractivity contribution in [3.63, 3.8) is 0 Å². The second kappa shape index (κ2) is 6.88. The Kier molecular flexibility index (Phi) is 5.42. The first-order valence-corrected chi connectivity index (χ1v) is 7.93. The van der Waals surface area contributed by atoms with Crippen LogP contribution in [0.25, 0.3) is 0 Å². The van der Waals surface area contributed by atoms with Gasteiger partial charge in [-0.3, -0.25) is 4.98 Å². The van der Waals surface area contributed by atoms with E-state index < -0.39 is 0 Å². The van der Waals surface area contributed by atoms with Crippen molar-refractivity contribution >= 4 is 11.6 Å². The number of hydrogen-bond donors (Lipinski definition) is 1. The topological polar surface area (TPSA) is 48.1 Å². The van der Waals surface area contributed by atoms with Crippen LogP contribution in [0.4, 0.5) is 0 Å². The lowest BCUT2D eigenvalue weighted by Crippen LogP contribution is -2.53. The predicted octanol–water partition coefficient (Wildman–Crippen LogP) is 3.59. The fourth-order valence-electron chi connectivity index (χ4n) is 3.15. The Bertz CT molecular complexity index is 430. The average molecular weight is 297 g/mol. The molecule has 0 saturated heterocycles. The molecule has 1 atom stereocenters. The number of ether oxygens (including phenoxy) is 1. The van der Waals surface area contributed by atoms with Crippen molar-refractivity contribution in [2.45, 2.75) is 57.6 Å². The predicted molar refractivity (Wildman–Crippen MR) is 82.9 cm³/mol. The van der Waals surface area contributed by atoms with Crippen molar-refractivity contribution in [3.05, 3.63) is 29.0 Å². The van der Waals surface area contributed by atoms with E-state index >= 15 is 0 Å². The average Bonchev–Trinajstić information content (AvgIpc) is 2.44. The SMILES string of the molecule is CCOC1(C(N)Cc2ccncc2Cl)CCC(C)CC1. The minimum atomic E-state index is -0.187. The molecule has 2 N–H and O–H groups in total. The zero-order chi connectivity index (χ0) is 14.6. The van der Waals surface area contributed by atoms with E-state index in [1.54, 1.807) is 12.4 Å². The largest absolute Gasteiger partial charge is 0.374 e. The molecule has 1 saturated carbocycles. The van der Waals surface area contributed by atoms with Crippen LogP contribution in [0.1, 0.15) is 45.1 Å². The summed E-state index contributed by atoms with van der Waals surface area (Å²) in [6, 6.07) is 1.93. The van der Waals surface area contributed by atoms with Gasteiger partial charge in [0.25, 0.3) is 0 Å². The van der Waals surface area contributed by atoms with Crippen molar-refractivity contribution in [2.75, 3.05) is 6.61 Å². The molecule has 0 amide bonds. The minimum Gasteiger partial charge on any atom is -0.374 e. The van der Waals surface area contributed by atoms with Gasteiger partial charge in [-0.05, 0) is 56.6 Å². The van der Waals surface area contributed by atoms with E-state index in [1.165, 1.54) is 12.8 Å². The number of aromatic nitrogens is 1. The number of rotatable bonds is 5. The van der Waals surface area contributed by atoms with Gasteiger partial charge in [-0.1, -0.05) is 18.5 Å². The van der Waals surface area contributed by atoms with E-state index in [0.29, 0.717) is 11.6 Å². The zero-order valence-electron chi connectivity index (χ0n) is 12.4. The number of halogens is 1. The molecule has 1 aliphatic carbocycles. The van der Waals surface area contributed by atoms with E-state index in [2.05, 4.69) is 11.9 Å². The lowest BCUT2D eigenvalue weighted by Gasteiger charge is -2.43. The number of pyridine rings is 1. The van der Waals surface area contributed by atoms with Crippen molar-refractivity contribution < 1.29 is 4.74 Å². The van der Waals surface area contributed by atoms with Crippen molar-refractivity contribution in [3.8, 4) is 0 Å². The Morgan fingerprint density at radius 2 is 2.20 bits per heavy atom. The van der Waals surface area contributed by atoms with Gasteiger partial charge in [-0.25, -0.2) is 0 Å². The van der Waals surface area contributed by atoms with Gasteiger partial charge in [-0.15, -0.1) is 0 Å². The molecule has 4 heteroatoms. The molecule has 1 aromatic rings. The molecular weight excluding hydrogens is 272 g/mol. The van der Waals surface area contributed by atoms with Crippen LogP contribution < -0.4 is 5.73 Å². The first-order chi connectivity index (χ1) is 9.57. The molecule has 0 spiro atoms. The lowest BCUT2D eigenvalue weighted by molar-refractivity contribution is -0.0883. The van der Waals surface area contributed by atoms with Crippen LogP contribution in [0.2, 0.25) is 5.02 Å². The van der Waals surface area contributed by atoms with Crippen molar-refractivity contribution in [1.82, 2.24) is 4.98 Å². The van der Waals surface area contributed by atoms with Gasteiger partial charge in [0.2, 0.25) is 0 Å². The first-order valence-electron chi connectivity index (χ1n) is 7.55. The first kappa shape index (κ1) is 15.7. The quantitative estimate of drug-likeness (QED) is 0.903. The normalized spacial score (nSPS) is 28.3. The zero-order valence-corrected chi connectivity index (χ0v) is 13.2. The highest BCUT2D eigenvalue weighted by atomic mass is 35.5. The molecule has 1 aliphatic rings. The number of nitrogens with two attached hydrogens (primary N) is 1. The van der Waals surface area contributed by atoms with Crippen LogP contribution in [0.3, 0.4) is 0 Å². The Balaban J connectivity index is 2.11. The summed E-state index contributed by atoms with van der Waals surface area (Å²) in [4.78, 5) is 4.02. The maximum Gasteiger partial charge on any atom is 0.0835 e. The van der Waals surface area contributed by atoms with Gasteiger partial charge < -0.3 is 10.5 Å². The molecule has 1 heterocycles. The smallest absolute Gasteiger partial charge is 0.0835 e. The third kappa shape index (κ3) is 3.51. The number of nitrogens with zero attached hydrogens (tertiary/aromatic N) is 1. The standard InChI is InChI=1S/C16H25ClN2O/c1-3-20-16(7-4-12(2)5-8-16)15(18)10-13-6-9-19-11-14(13)17/h6,9,11-12,15H,3-5,7-8,10,18H2,1-2H3. The second-order valence-electron chi connectivity index (χ2n) is 5.96. The van der Waals surface area contributed by atoms with Gasteiger partial charge in [0.1, 0.15) is 0 Å². The van der Waals surface area contributed by atoms with Crippen molar-refractivity contribution in [2.24, 2.45) is 11.7 Å². The lowest BCUT2D eigenvalue weighted by atomic mass is 9.74.